The fourth-order valence-corrected chi connectivity index (χ4v) is 3.11. The summed E-state index contributed by atoms with van der Waals surface area (Å²) in [6, 6.07) is 5.60. The van der Waals surface area contributed by atoms with Gasteiger partial charge in [0.05, 0.1) is 7.11 Å². The van der Waals surface area contributed by atoms with E-state index in [2.05, 4.69) is 10.6 Å². The second kappa shape index (κ2) is 8.36. The average molecular weight is 367 g/mol. The van der Waals surface area contributed by atoms with Gasteiger partial charge in [-0.05, 0) is 44.0 Å². The molecular formula is C18H23ClN2O4. The minimum absolute atomic E-state index is 0. The number of methoxy groups -OCH3 is 1. The Balaban J connectivity index is 0.00000225. The van der Waals surface area contributed by atoms with Crippen LogP contribution in [-0.4, -0.2) is 32.1 Å². The van der Waals surface area contributed by atoms with E-state index in [-0.39, 0.29) is 36.4 Å². The van der Waals surface area contributed by atoms with Crippen molar-refractivity contribution in [2.45, 2.75) is 32.2 Å². The molecule has 1 aromatic heterocycles. The van der Waals surface area contributed by atoms with Crippen LogP contribution in [-0.2, 0) is 11.2 Å². The summed E-state index contributed by atoms with van der Waals surface area (Å²) >= 11 is 0. The van der Waals surface area contributed by atoms with Crippen LogP contribution in [0.3, 0.4) is 0 Å². The van der Waals surface area contributed by atoms with Gasteiger partial charge < -0.3 is 19.8 Å². The Morgan fingerprint density at radius 2 is 2.24 bits per heavy atom. The Hall–Kier alpha value is -2.05. The first-order valence-corrected chi connectivity index (χ1v) is 8.19. The van der Waals surface area contributed by atoms with E-state index in [1.165, 1.54) is 0 Å². The van der Waals surface area contributed by atoms with Crippen molar-refractivity contribution in [3.63, 3.8) is 0 Å². The van der Waals surface area contributed by atoms with Crippen LogP contribution in [0.2, 0.25) is 0 Å². The van der Waals surface area contributed by atoms with Crippen molar-refractivity contribution < 1.29 is 13.9 Å². The zero-order valence-electron chi connectivity index (χ0n) is 14.4. The molecule has 1 aliphatic heterocycles. The van der Waals surface area contributed by atoms with Gasteiger partial charge in [-0.2, -0.15) is 0 Å². The van der Waals surface area contributed by atoms with Crippen molar-refractivity contribution in [3.8, 4) is 5.75 Å². The van der Waals surface area contributed by atoms with Crippen LogP contribution in [0.5, 0.6) is 5.75 Å². The smallest absolute Gasteiger partial charge is 0.339 e. The quantitative estimate of drug-likeness (QED) is 0.790. The van der Waals surface area contributed by atoms with Gasteiger partial charge in [-0.1, -0.05) is 0 Å². The number of amides is 1. The number of nitrogens with one attached hydrogen (secondary N) is 2. The van der Waals surface area contributed by atoms with Gasteiger partial charge in [0.1, 0.15) is 11.3 Å². The number of ether oxygens (including phenoxy) is 1. The number of rotatable bonds is 5. The molecule has 2 heterocycles. The maximum atomic E-state index is 12.3. The van der Waals surface area contributed by atoms with Crippen molar-refractivity contribution >= 4 is 29.3 Å². The number of carbonyl (C=O) groups excluding carboxylic acids is 1. The molecule has 0 saturated carbocycles. The Kier molecular flexibility index (Phi) is 6.45. The molecule has 2 N–H and O–H groups in total. The highest BCUT2D eigenvalue weighted by molar-refractivity contribution is 5.85. The molecular weight excluding hydrogens is 344 g/mol. The normalized spacial score (nSPS) is 16.5. The zero-order valence-corrected chi connectivity index (χ0v) is 15.2. The third kappa shape index (κ3) is 4.32. The van der Waals surface area contributed by atoms with Crippen molar-refractivity contribution in [3.05, 3.63) is 39.7 Å². The SMILES string of the molecule is COc1ccc2c(C)c(CCC(=O)NC3CCNC3)c(=O)oc2c1.Cl. The van der Waals surface area contributed by atoms with Gasteiger partial charge in [0.2, 0.25) is 5.91 Å². The van der Waals surface area contributed by atoms with Crippen LogP contribution in [0.25, 0.3) is 11.0 Å². The highest BCUT2D eigenvalue weighted by Gasteiger charge is 2.18. The van der Waals surface area contributed by atoms with Crippen LogP contribution in [0.15, 0.2) is 27.4 Å². The molecule has 1 aromatic carbocycles. The first-order valence-electron chi connectivity index (χ1n) is 8.19. The van der Waals surface area contributed by atoms with E-state index < -0.39 is 0 Å². The molecule has 1 atom stereocenters. The Bertz CT molecular complexity index is 813. The number of benzene rings is 1. The third-order valence-electron chi connectivity index (χ3n) is 4.52. The lowest BCUT2D eigenvalue weighted by atomic mass is 10.0. The lowest BCUT2D eigenvalue weighted by Gasteiger charge is -2.12. The van der Waals surface area contributed by atoms with E-state index in [4.69, 9.17) is 9.15 Å². The Labute approximate surface area is 152 Å². The van der Waals surface area contributed by atoms with Crippen molar-refractivity contribution in [1.29, 1.82) is 0 Å². The molecule has 7 heteroatoms. The number of aryl methyl sites for hydroxylation is 1. The molecule has 2 aromatic rings. The summed E-state index contributed by atoms with van der Waals surface area (Å²) in [6.45, 7) is 3.63. The first-order chi connectivity index (χ1) is 11.6. The van der Waals surface area contributed by atoms with Gasteiger partial charge in [0.15, 0.2) is 0 Å². The fourth-order valence-electron chi connectivity index (χ4n) is 3.11. The van der Waals surface area contributed by atoms with E-state index >= 15 is 0 Å². The molecule has 1 unspecified atom stereocenters. The summed E-state index contributed by atoms with van der Waals surface area (Å²) in [5, 5.41) is 7.07. The standard InChI is InChI=1S/C18H22N2O4.ClH/c1-11-14-4-3-13(23-2)9-16(14)24-18(22)15(11)5-6-17(21)20-12-7-8-19-10-12;/h3-4,9,12,19H,5-8,10H2,1-2H3,(H,20,21);1H. The highest BCUT2D eigenvalue weighted by Crippen LogP contribution is 2.24. The predicted octanol–water partition coefficient (Wildman–Crippen LogP) is 1.94. The molecule has 0 spiro atoms. The molecule has 25 heavy (non-hydrogen) atoms. The van der Waals surface area contributed by atoms with Crippen LogP contribution < -0.4 is 21.0 Å². The fraction of sp³-hybridized carbons (Fsp3) is 0.444. The number of hydrogen-bond donors (Lipinski definition) is 2. The topological polar surface area (TPSA) is 80.6 Å². The predicted molar refractivity (Wildman–Crippen MR) is 98.8 cm³/mol. The van der Waals surface area contributed by atoms with Crippen LogP contribution in [0.1, 0.15) is 24.0 Å². The maximum absolute atomic E-state index is 12.3. The summed E-state index contributed by atoms with van der Waals surface area (Å²) in [5.74, 6) is 0.611. The molecule has 136 valence electrons. The number of fused-ring (bicyclic) bond motifs is 1. The van der Waals surface area contributed by atoms with E-state index in [1.54, 1.807) is 13.2 Å². The lowest BCUT2D eigenvalue weighted by molar-refractivity contribution is -0.121. The monoisotopic (exact) mass is 366 g/mol. The number of hydrogen-bond acceptors (Lipinski definition) is 5. The summed E-state index contributed by atoms with van der Waals surface area (Å²) < 4.78 is 10.6. The van der Waals surface area contributed by atoms with Crippen molar-refractivity contribution in [2.75, 3.05) is 20.2 Å². The highest BCUT2D eigenvalue weighted by atomic mass is 35.5. The molecule has 1 saturated heterocycles. The van der Waals surface area contributed by atoms with Gasteiger partial charge >= 0.3 is 5.63 Å². The largest absolute Gasteiger partial charge is 0.497 e. The lowest BCUT2D eigenvalue weighted by Crippen LogP contribution is -2.36. The second-order valence-corrected chi connectivity index (χ2v) is 6.11. The molecule has 0 aliphatic carbocycles. The minimum Gasteiger partial charge on any atom is -0.497 e. The van der Waals surface area contributed by atoms with Gasteiger partial charge in [0.25, 0.3) is 0 Å². The molecule has 3 rings (SSSR count). The summed E-state index contributed by atoms with van der Waals surface area (Å²) in [6.07, 6.45) is 1.61. The summed E-state index contributed by atoms with van der Waals surface area (Å²) in [7, 11) is 1.57. The molecule has 0 bridgehead atoms. The Morgan fingerprint density at radius 3 is 2.92 bits per heavy atom. The van der Waals surface area contributed by atoms with Gasteiger partial charge in [0, 0.05) is 36.0 Å². The first kappa shape index (κ1) is 19.3. The summed E-state index contributed by atoms with van der Waals surface area (Å²) in [4.78, 5) is 24.3. The molecule has 1 aliphatic rings. The number of halogens is 1. The van der Waals surface area contributed by atoms with E-state index in [1.807, 2.05) is 19.1 Å². The van der Waals surface area contributed by atoms with E-state index in [0.717, 1.165) is 30.5 Å². The van der Waals surface area contributed by atoms with Crippen LogP contribution >= 0.6 is 12.4 Å². The van der Waals surface area contributed by atoms with Crippen molar-refractivity contribution in [2.24, 2.45) is 0 Å². The van der Waals surface area contributed by atoms with Crippen LogP contribution in [0.4, 0.5) is 0 Å². The van der Waals surface area contributed by atoms with Gasteiger partial charge in [-0.25, -0.2) is 4.79 Å². The second-order valence-electron chi connectivity index (χ2n) is 6.11. The molecule has 0 radical (unpaired) electrons. The van der Waals surface area contributed by atoms with Crippen LogP contribution in [0, 0.1) is 6.92 Å². The number of carbonyl (C=O) groups is 1. The summed E-state index contributed by atoms with van der Waals surface area (Å²) in [5.41, 5.74) is 1.54. The molecule has 6 nitrogen and oxygen atoms in total. The van der Waals surface area contributed by atoms with E-state index in [9.17, 15) is 9.59 Å². The molecule has 1 amide bonds. The van der Waals surface area contributed by atoms with Gasteiger partial charge in [-0.15, -0.1) is 12.4 Å². The minimum atomic E-state index is -0.386. The molecule has 1 fully saturated rings. The van der Waals surface area contributed by atoms with Gasteiger partial charge in [-0.3, -0.25) is 4.79 Å². The third-order valence-corrected chi connectivity index (χ3v) is 4.52. The average Bonchev–Trinajstić information content (AvgIpc) is 3.06. The Morgan fingerprint density at radius 1 is 1.44 bits per heavy atom. The maximum Gasteiger partial charge on any atom is 0.339 e. The van der Waals surface area contributed by atoms with E-state index in [0.29, 0.717) is 23.3 Å². The zero-order chi connectivity index (χ0) is 17.1. The van der Waals surface area contributed by atoms with Crippen molar-refractivity contribution in [1.82, 2.24) is 10.6 Å².